The molecule has 0 saturated carbocycles. The Hall–Kier alpha value is -3.20. The van der Waals surface area contributed by atoms with Gasteiger partial charge in [0.15, 0.2) is 0 Å². The van der Waals surface area contributed by atoms with E-state index in [1.807, 2.05) is 0 Å². The van der Waals surface area contributed by atoms with Crippen LogP contribution in [-0.4, -0.2) is 0 Å². The van der Waals surface area contributed by atoms with Gasteiger partial charge in [-0.1, -0.05) is 143 Å². The van der Waals surface area contributed by atoms with Crippen LogP contribution in [0, 0.1) is 0 Å². The first kappa shape index (κ1) is 33.3. The maximum Gasteiger partial charge on any atom is 0.0943 e. The average molecular weight is 566 g/mol. The lowest BCUT2D eigenvalue weighted by molar-refractivity contribution is 0.802. The van der Waals surface area contributed by atoms with E-state index in [-0.39, 0.29) is 0 Å². The van der Waals surface area contributed by atoms with Gasteiger partial charge in [0.2, 0.25) is 0 Å². The second-order valence-electron chi connectivity index (χ2n) is 13.7. The second-order valence-corrected chi connectivity index (χ2v) is 13.7. The molecule has 42 heavy (non-hydrogen) atoms. The van der Waals surface area contributed by atoms with Gasteiger partial charge < -0.3 is 0 Å². The minimum atomic E-state index is 0.341. The Morgan fingerprint density at radius 3 is 1.21 bits per heavy atom. The molecule has 0 aliphatic heterocycles. The highest BCUT2D eigenvalue weighted by Gasteiger charge is 2.22. The molecule has 3 aromatic carbocycles. The van der Waals surface area contributed by atoms with Crippen LogP contribution in [0.1, 0.15) is 164 Å². The molecule has 0 bridgehead atoms. The first-order chi connectivity index (χ1) is 19.8. The summed E-state index contributed by atoms with van der Waals surface area (Å²) in [5.74, 6) is 2.21. The summed E-state index contributed by atoms with van der Waals surface area (Å²) >= 11 is 0. The predicted octanol–water partition coefficient (Wildman–Crippen LogP) is 13.0. The van der Waals surface area contributed by atoms with Crippen LogP contribution in [-0.2, 0) is 0 Å². The van der Waals surface area contributed by atoms with Crippen molar-refractivity contribution in [2.24, 2.45) is 10.3 Å². The van der Waals surface area contributed by atoms with Gasteiger partial charge >= 0.3 is 0 Å². The monoisotopic (exact) mass is 565 g/mol. The molecular formula is C39H55N3. The number of hydrogen-bond donors (Lipinski definition) is 0. The van der Waals surface area contributed by atoms with Crippen molar-refractivity contribution in [1.29, 1.82) is 0 Å². The molecule has 0 aliphatic rings. The Balaban J connectivity index is 2.40. The Morgan fingerprint density at radius 1 is 0.524 bits per heavy atom. The second kappa shape index (κ2) is 14.3. The maximum atomic E-state index is 5.13. The summed E-state index contributed by atoms with van der Waals surface area (Å²) in [6.45, 7) is 29.4. The zero-order chi connectivity index (χ0) is 31.3. The summed E-state index contributed by atoms with van der Waals surface area (Å²) in [5.41, 5.74) is 12.5. The van der Waals surface area contributed by atoms with Gasteiger partial charge in [-0.15, -0.1) is 5.11 Å². The molecule has 0 spiro atoms. The quantitative estimate of drug-likeness (QED) is 0.168. The number of nitrogens with zero attached hydrogens (tertiary/aromatic N) is 3. The van der Waals surface area contributed by atoms with Gasteiger partial charge in [-0.05, 0) is 86.9 Å². The normalized spacial score (nSPS) is 12.8. The lowest BCUT2D eigenvalue weighted by atomic mass is 9.85. The van der Waals surface area contributed by atoms with Gasteiger partial charge in [0.05, 0.1) is 11.4 Å². The lowest BCUT2D eigenvalue weighted by Gasteiger charge is -2.27. The van der Waals surface area contributed by atoms with Crippen molar-refractivity contribution < 1.29 is 0 Å². The highest BCUT2D eigenvalue weighted by molar-refractivity contribution is 5.74. The molecule has 0 atom stereocenters. The minimum Gasteiger partial charge on any atom is -0.222 e. The van der Waals surface area contributed by atoms with Crippen LogP contribution in [0.2, 0.25) is 0 Å². The molecule has 0 heterocycles. The molecule has 226 valence electrons. The molecule has 0 N–H and O–H groups in total. The molecule has 0 aromatic heterocycles. The molecule has 3 aromatic rings. The first-order valence-corrected chi connectivity index (χ1v) is 16.0. The van der Waals surface area contributed by atoms with Crippen LogP contribution in [0.4, 0.5) is 11.4 Å². The van der Waals surface area contributed by atoms with Crippen molar-refractivity contribution in [3.63, 3.8) is 0 Å². The lowest BCUT2D eigenvalue weighted by Crippen LogP contribution is -2.15. The standard InChI is InChI=1S/C39H55N3/c1-24(2)31-17-14-18-32(25(3)4)37(31)30(13)23-42(39-35(28(9)10)21-16-22-36(39)29(11)12)41-40-38-33(26(5)6)19-15-20-34(38)27(7)8/h14-29H,1-13H3/b30-23+,41-40+. The Bertz CT molecular complexity index is 1320. The van der Waals surface area contributed by atoms with Crippen LogP contribution in [0.5, 0.6) is 0 Å². The first-order valence-electron chi connectivity index (χ1n) is 16.0. The maximum absolute atomic E-state index is 5.13. The molecule has 3 nitrogen and oxygen atoms in total. The van der Waals surface area contributed by atoms with E-state index in [0.717, 1.165) is 11.4 Å². The minimum absolute atomic E-state index is 0.341. The van der Waals surface area contributed by atoms with Crippen LogP contribution >= 0.6 is 0 Å². The summed E-state index contributed by atoms with van der Waals surface area (Å²) in [5, 5.41) is 12.3. The molecule has 0 amide bonds. The molecule has 0 saturated heterocycles. The zero-order valence-corrected chi connectivity index (χ0v) is 28.6. The summed E-state index contributed by atoms with van der Waals surface area (Å²) < 4.78 is 0. The summed E-state index contributed by atoms with van der Waals surface area (Å²) in [6.07, 6.45) is 2.23. The molecule has 3 rings (SSSR count). The fourth-order valence-electron chi connectivity index (χ4n) is 5.89. The molecule has 0 unspecified atom stereocenters. The molecule has 3 heteroatoms. The van der Waals surface area contributed by atoms with E-state index < -0.39 is 0 Å². The van der Waals surface area contributed by atoms with E-state index in [1.165, 1.54) is 44.5 Å². The third kappa shape index (κ3) is 7.41. The third-order valence-corrected chi connectivity index (χ3v) is 8.24. The van der Waals surface area contributed by atoms with Gasteiger partial charge in [0, 0.05) is 6.20 Å². The number of benzene rings is 3. The number of rotatable bonds is 11. The van der Waals surface area contributed by atoms with Gasteiger partial charge in [-0.2, -0.15) is 0 Å². The average Bonchev–Trinajstić information content (AvgIpc) is 2.93. The summed E-state index contributed by atoms with van der Waals surface area (Å²) in [7, 11) is 0. The van der Waals surface area contributed by atoms with Crippen LogP contribution in [0.25, 0.3) is 5.57 Å². The SMILES string of the molecule is C/C(=C\N(/N=N/c1c(C(C)C)cccc1C(C)C)c1c(C(C)C)cccc1C(C)C)c1c(C(C)C)cccc1C(C)C. The Kier molecular flexibility index (Phi) is 11.4. The van der Waals surface area contributed by atoms with Crippen molar-refractivity contribution in [1.82, 2.24) is 0 Å². The highest BCUT2D eigenvalue weighted by Crippen LogP contribution is 2.40. The third-order valence-electron chi connectivity index (χ3n) is 8.24. The van der Waals surface area contributed by atoms with E-state index in [4.69, 9.17) is 10.3 Å². The van der Waals surface area contributed by atoms with E-state index in [0.29, 0.717) is 35.5 Å². The van der Waals surface area contributed by atoms with Crippen LogP contribution in [0.3, 0.4) is 0 Å². The van der Waals surface area contributed by atoms with Crippen LogP contribution < -0.4 is 5.01 Å². The van der Waals surface area contributed by atoms with Crippen molar-refractivity contribution in [3.8, 4) is 0 Å². The van der Waals surface area contributed by atoms with Crippen molar-refractivity contribution in [3.05, 3.63) is 99.7 Å². The predicted molar refractivity (Wildman–Crippen MR) is 185 cm³/mol. The molecule has 0 radical (unpaired) electrons. The number of allylic oxidation sites excluding steroid dienone is 1. The van der Waals surface area contributed by atoms with E-state index in [9.17, 15) is 0 Å². The van der Waals surface area contributed by atoms with Gasteiger partial charge in [-0.3, -0.25) is 0 Å². The van der Waals surface area contributed by atoms with Gasteiger partial charge in [0.1, 0.15) is 0 Å². The molecule has 0 aliphatic carbocycles. The zero-order valence-electron chi connectivity index (χ0n) is 28.6. The topological polar surface area (TPSA) is 28.0 Å². The van der Waals surface area contributed by atoms with Crippen molar-refractivity contribution in [2.45, 2.75) is 126 Å². The molecular weight excluding hydrogens is 510 g/mol. The number of hydrogen-bond acceptors (Lipinski definition) is 2. The molecule has 0 fully saturated rings. The van der Waals surface area contributed by atoms with Gasteiger partial charge in [0.25, 0.3) is 0 Å². The smallest absolute Gasteiger partial charge is 0.0943 e. The fraction of sp³-hybridized carbons (Fsp3) is 0.487. The van der Waals surface area contributed by atoms with Crippen molar-refractivity contribution in [2.75, 3.05) is 5.01 Å². The van der Waals surface area contributed by atoms with Crippen molar-refractivity contribution >= 4 is 16.9 Å². The van der Waals surface area contributed by atoms with E-state index in [2.05, 4.69) is 156 Å². The number of anilines is 1. The highest BCUT2D eigenvalue weighted by atomic mass is 15.5. The van der Waals surface area contributed by atoms with E-state index in [1.54, 1.807) is 0 Å². The van der Waals surface area contributed by atoms with Crippen LogP contribution in [0.15, 0.2) is 71.1 Å². The summed E-state index contributed by atoms with van der Waals surface area (Å²) in [4.78, 5) is 0. The van der Waals surface area contributed by atoms with Gasteiger partial charge in [-0.25, -0.2) is 5.01 Å². The largest absolute Gasteiger partial charge is 0.222 e. The fourth-order valence-corrected chi connectivity index (χ4v) is 5.89. The Morgan fingerprint density at radius 2 is 0.857 bits per heavy atom. The Labute approximate surface area is 257 Å². The van der Waals surface area contributed by atoms with E-state index >= 15 is 0 Å². The number of para-hydroxylation sites is 1. The summed E-state index contributed by atoms with van der Waals surface area (Å²) in [6, 6.07) is 20.0.